The molecular weight excluding hydrogens is 284 g/mol. The predicted molar refractivity (Wildman–Crippen MR) is 78.4 cm³/mol. The summed E-state index contributed by atoms with van der Waals surface area (Å²) in [6, 6.07) is 9.26. The third-order valence-corrected chi connectivity index (χ3v) is 3.62. The number of benzene rings is 1. The highest BCUT2D eigenvalue weighted by atomic mass is 16.5. The van der Waals surface area contributed by atoms with E-state index in [1.54, 1.807) is 6.07 Å². The Morgan fingerprint density at radius 3 is 2.59 bits per heavy atom. The molecule has 0 saturated heterocycles. The highest BCUT2D eigenvalue weighted by Crippen LogP contribution is 2.29. The van der Waals surface area contributed by atoms with Crippen LogP contribution in [0.4, 0.5) is 0 Å². The summed E-state index contributed by atoms with van der Waals surface area (Å²) in [5.74, 6) is -1.38. The minimum absolute atomic E-state index is 0.00322. The van der Waals surface area contributed by atoms with E-state index in [1.165, 1.54) is 4.90 Å². The molecule has 6 heteroatoms. The van der Waals surface area contributed by atoms with Crippen LogP contribution in [0.1, 0.15) is 29.0 Å². The van der Waals surface area contributed by atoms with E-state index >= 15 is 0 Å². The van der Waals surface area contributed by atoms with Crippen molar-refractivity contribution in [3.63, 3.8) is 0 Å². The van der Waals surface area contributed by atoms with Crippen molar-refractivity contribution < 1.29 is 19.2 Å². The van der Waals surface area contributed by atoms with Gasteiger partial charge in [0, 0.05) is 17.7 Å². The van der Waals surface area contributed by atoms with Crippen LogP contribution in [0.25, 0.3) is 11.3 Å². The first-order valence-electron chi connectivity index (χ1n) is 7.11. The molecule has 0 atom stereocenters. The number of nitrogens with zero attached hydrogens (tertiary/aromatic N) is 2. The minimum atomic E-state index is -1.03. The average Bonchev–Trinajstić information content (AvgIpc) is 3.21. The van der Waals surface area contributed by atoms with Crippen molar-refractivity contribution in [2.75, 3.05) is 6.54 Å². The van der Waals surface area contributed by atoms with E-state index in [1.807, 2.05) is 31.2 Å². The smallest absolute Gasteiger partial charge is 0.323 e. The van der Waals surface area contributed by atoms with Gasteiger partial charge < -0.3 is 14.5 Å². The Morgan fingerprint density at radius 2 is 2.00 bits per heavy atom. The van der Waals surface area contributed by atoms with Crippen LogP contribution in [0.3, 0.4) is 0 Å². The van der Waals surface area contributed by atoms with Crippen molar-refractivity contribution in [3.05, 3.63) is 41.7 Å². The normalized spacial score (nSPS) is 13.9. The topological polar surface area (TPSA) is 83.6 Å². The third-order valence-electron chi connectivity index (χ3n) is 3.62. The van der Waals surface area contributed by atoms with Gasteiger partial charge in [0.1, 0.15) is 12.2 Å². The van der Waals surface area contributed by atoms with Crippen LogP contribution in [-0.4, -0.2) is 39.6 Å². The molecule has 114 valence electrons. The SMILES string of the molecule is Cc1ccc(-c2cc(C(=O)N(CC(=O)O)C3CC3)on2)cc1. The maximum Gasteiger partial charge on any atom is 0.323 e. The average molecular weight is 300 g/mol. The molecule has 22 heavy (non-hydrogen) atoms. The minimum Gasteiger partial charge on any atom is -0.480 e. The van der Waals surface area contributed by atoms with Crippen LogP contribution < -0.4 is 0 Å². The lowest BCUT2D eigenvalue weighted by Gasteiger charge is -2.17. The molecule has 1 aromatic heterocycles. The second-order valence-electron chi connectivity index (χ2n) is 5.50. The summed E-state index contributed by atoms with van der Waals surface area (Å²) in [5, 5.41) is 12.8. The van der Waals surface area contributed by atoms with Gasteiger partial charge in [-0.15, -0.1) is 0 Å². The predicted octanol–water partition coefficient (Wildman–Crippen LogP) is 2.34. The fourth-order valence-electron chi connectivity index (χ4n) is 2.28. The summed E-state index contributed by atoms with van der Waals surface area (Å²) in [6.07, 6.45) is 1.66. The van der Waals surface area contributed by atoms with Crippen molar-refractivity contribution in [2.45, 2.75) is 25.8 Å². The number of carboxylic acid groups (broad SMARTS) is 1. The first-order chi connectivity index (χ1) is 10.5. The molecule has 2 aromatic rings. The van der Waals surface area contributed by atoms with Gasteiger partial charge >= 0.3 is 5.97 Å². The number of aryl methyl sites for hydroxylation is 1. The largest absolute Gasteiger partial charge is 0.480 e. The summed E-state index contributed by atoms with van der Waals surface area (Å²) >= 11 is 0. The second kappa shape index (κ2) is 5.63. The van der Waals surface area contributed by atoms with Crippen molar-refractivity contribution in [1.82, 2.24) is 10.1 Å². The number of carboxylic acids is 1. The van der Waals surface area contributed by atoms with Gasteiger partial charge in [0.2, 0.25) is 5.76 Å². The monoisotopic (exact) mass is 300 g/mol. The van der Waals surface area contributed by atoms with Crippen LogP contribution >= 0.6 is 0 Å². The number of carbonyl (C=O) groups is 2. The van der Waals surface area contributed by atoms with Crippen LogP contribution in [0.15, 0.2) is 34.9 Å². The number of rotatable bonds is 5. The van der Waals surface area contributed by atoms with Crippen molar-refractivity contribution in [3.8, 4) is 11.3 Å². The molecule has 0 spiro atoms. The molecule has 0 unspecified atom stereocenters. The molecule has 0 aliphatic heterocycles. The summed E-state index contributed by atoms with van der Waals surface area (Å²) in [5.41, 5.74) is 2.55. The summed E-state index contributed by atoms with van der Waals surface area (Å²) in [4.78, 5) is 24.6. The fourth-order valence-corrected chi connectivity index (χ4v) is 2.28. The maximum absolute atomic E-state index is 12.4. The molecule has 3 rings (SSSR count). The van der Waals surface area contributed by atoms with E-state index in [-0.39, 0.29) is 18.3 Å². The Balaban J connectivity index is 1.81. The van der Waals surface area contributed by atoms with Gasteiger partial charge in [0.25, 0.3) is 5.91 Å². The molecule has 1 saturated carbocycles. The standard InChI is InChI=1S/C16H16N2O4/c1-10-2-4-11(5-3-10)13-8-14(22-17-13)16(21)18(9-15(19)20)12-6-7-12/h2-5,8,12H,6-7,9H2,1H3,(H,19,20). The Labute approximate surface area is 127 Å². The zero-order valence-corrected chi connectivity index (χ0v) is 12.2. The lowest BCUT2D eigenvalue weighted by molar-refractivity contribution is -0.137. The van der Waals surface area contributed by atoms with Gasteiger partial charge in [-0.1, -0.05) is 35.0 Å². The van der Waals surface area contributed by atoms with Gasteiger partial charge in [-0.05, 0) is 19.8 Å². The molecule has 0 radical (unpaired) electrons. The second-order valence-corrected chi connectivity index (χ2v) is 5.50. The van der Waals surface area contributed by atoms with Crippen LogP contribution in [-0.2, 0) is 4.79 Å². The van der Waals surface area contributed by atoms with E-state index in [0.717, 1.165) is 24.0 Å². The molecule has 1 aromatic carbocycles. The number of amides is 1. The maximum atomic E-state index is 12.4. The van der Waals surface area contributed by atoms with E-state index in [9.17, 15) is 9.59 Å². The van der Waals surface area contributed by atoms with Crippen LogP contribution in [0.5, 0.6) is 0 Å². The van der Waals surface area contributed by atoms with Crippen LogP contribution in [0.2, 0.25) is 0 Å². The molecule has 1 aliphatic carbocycles. The van der Waals surface area contributed by atoms with Crippen LogP contribution in [0, 0.1) is 6.92 Å². The zero-order chi connectivity index (χ0) is 15.7. The molecule has 1 amide bonds. The van der Waals surface area contributed by atoms with Gasteiger partial charge in [-0.3, -0.25) is 9.59 Å². The summed E-state index contributed by atoms with van der Waals surface area (Å²) in [6.45, 7) is 1.67. The molecule has 1 aliphatic rings. The molecule has 1 heterocycles. The Bertz CT molecular complexity index is 701. The van der Waals surface area contributed by atoms with Crippen molar-refractivity contribution in [1.29, 1.82) is 0 Å². The molecule has 1 N–H and O–H groups in total. The van der Waals surface area contributed by atoms with Gasteiger partial charge in [-0.2, -0.15) is 0 Å². The van der Waals surface area contributed by atoms with Gasteiger partial charge in [-0.25, -0.2) is 0 Å². The van der Waals surface area contributed by atoms with E-state index < -0.39 is 11.9 Å². The number of carbonyl (C=O) groups excluding carboxylic acids is 1. The third kappa shape index (κ3) is 3.00. The lowest BCUT2D eigenvalue weighted by Crippen LogP contribution is -2.37. The van der Waals surface area contributed by atoms with E-state index in [4.69, 9.17) is 9.63 Å². The zero-order valence-electron chi connectivity index (χ0n) is 12.2. The summed E-state index contributed by atoms with van der Waals surface area (Å²) < 4.78 is 5.12. The first kappa shape index (κ1) is 14.3. The highest BCUT2D eigenvalue weighted by Gasteiger charge is 2.35. The summed E-state index contributed by atoms with van der Waals surface area (Å²) in [7, 11) is 0. The lowest BCUT2D eigenvalue weighted by atomic mass is 10.1. The number of hydrogen-bond donors (Lipinski definition) is 1. The molecule has 1 fully saturated rings. The Hall–Kier alpha value is -2.63. The van der Waals surface area contributed by atoms with Gasteiger partial charge in [0.15, 0.2) is 0 Å². The Morgan fingerprint density at radius 1 is 1.32 bits per heavy atom. The molecule has 0 bridgehead atoms. The quantitative estimate of drug-likeness (QED) is 0.916. The van der Waals surface area contributed by atoms with Crippen molar-refractivity contribution in [2.24, 2.45) is 0 Å². The van der Waals surface area contributed by atoms with Crippen molar-refractivity contribution >= 4 is 11.9 Å². The molecule has 6 nitrogen and oxygen atoms in total. The number of aliphatic carboxylic acids is 1. The molecular formula is C16H16N2O4. The fraction of sp³-hybridized carbons (Fsp3) is 0.312. The van der Waals surface area contributed by atoms with E-state index in [2.05, 4.69) is 5.16 Å². The Kier molecular flexibility index (Phi) is 3.66. The highest BCUT2D eigenvalue weighted by molar-refractivity contribution is 5.94. The number of aromatic nitrogens is 1. The number of hydrogen-bond acceptors (Lipinski definition) is 4. The van der Waals surface area contributed by atoms with Gasteiger partial charge in [0.05, 0.1) is 0 Å². The first-order valence-corrected chi connectivity index (χ1v) is 7.11. The van der Waals surface area contributed by atoms with E-state index in [0.29, 0.717) is 5.69 Å².